The fourth-order valence-electron chi connectivity index (χ4n) is 1.81. The van der Waals surface area contributed by atoms with Crippen molar-refractivity contribution in [3.8, 4) is 0 Å². The fraction of sp³-hybridized carbons (Fsp3) is 0.231. The molecule has 2 heterocycles. The van der Waals surface area contributed by atoms with Gasteiger partial charge in [-0.25, -0.2) is 4.79 Å². The fourth-order valence-corrected chi connectivity index (χ4v) is 1.81. The van der Waals surface area contributed by atoms with Crippen molar-refractivity contribution in [2.45, 2.75) is 20.4 Å². The molecule has 0 aliphatic carbocycles. The first-order valence-electron chi connectivity index (χ1n) is 5.39. The lowest BCUT2D eigenvalue weighted by Crippen LogP contribution is -2.07. The first kappa shape index (κ1) is 11.4. The van der Waals surface area contributed by atoms with Crippen LogP contribution in [0.4, 0.5) is 0 Å². The molecule has 0 saturated carbocycles. The standard InChI is InChI=1S/C13H14N2O2/c1-9-3-4-10(2)15(9)8-12-7-11(13(16)17)5-6-14-12/h3-7H,8H2,1-2H3,(H,16,17). The Labute approximate surface area is 99.5 Å². The molecule has 17 heavy (non-hydrogen) atoms. The lowest BCUT2D eigenvalue weighted by Gasteiger charge is -2.09. The second-order valence-electron chi connectivity index (χ2n) is 4.04. The summed E-state index contributed by atoms with van der Waals surface area (Å²) in [6.07, 6.45) is 1.53. The zero-order valence-corrected chi connectivity index (χ0v) is 9.84. The van der Waals surface area contributed by atoms with E-state index in [2.05, 4.69) is 9.55 Å². The van der Waals surface area contributed by atoms with E-state index in [0.29, 0.717) is 6.54 Å². The molecular formula is C13H14N2O2. The average molecular weight is 230 g/mol. The van der Waals surface area contributed by atoms with E-state index >= 15 is 0 Å². The molecule has 2 aromatic heterocycles. The average Bonchev–Trinajstić information content (AvgIpc) is 2.61. The van der Waals surface area contributed by atoms with Crippen molar-refractivity contribution < 1.29 is 9.90 Å². The van der Waals surface area contributed by atoms with Crippen molar-refractivity contribution in [1.29, 1.82) is 0 Å². The van der Waals surface area contributed by atoms with E-state index in [9.17, 15) is 4.79 Å². The second kappa shape index (κ2) is 4.41. The molecule has 0 radical (unpaired) electrons. The highest BCUT2D eigenvalue weighted by Gasteiger charge is 2.06. The molecule has 0 amide bonds. The van der Waals surface area contributed by atoms with Gasteiger partial charge in [0.15, 0.2) is 0 Å². The van der Waals surface area contributed by atoms with E-state index in [1.807, 2.05) is 26.0 Å². The summed E-state index contributed by atoms with van der Waals surface area (Å²) in [5.41, 5.74) is 3.32. The number of hydrogen-bond donors (Lipinski definition) is 1. The summed E-state index contributed by atoms with van der Waals surface area (Å²) in [6, 6.07) is 7.19. The van der Waals surface area contributed by atoms with Gasteiger partial charge in [-0.3, -0.25) is 4.98 Å². The van der Waals surface area contributed by atoms with Gasteiger partial charge in [0, 0.05) is 17.6 Å². The molecule has 2 aromatic rings. The number of aryl methyl sites for hydroxylation is 2. The molecule has 0 fully saturated rings. The molecule has 88 valence electrons. The van der Waals surface area contributed by atoms with E-state index in [1.54, 1.807) is 6.07 Å². The Bertz CT molecular complexity index is 539. The summed E-state index contributed by atoms with van der Waals surface area (Å²) < 4.78 is 2.11. The van der Waals surface area contributed by atoms with Gasteiger partial charge in [-0.2, -0.15) is 0 Å². The van der Waals surface area contributed by atoms with Gasteiger partial charge in [0.25, 0.3) is 0 Å². The number of aromatic carboxylic acids is 1. The van der Waals surface area contributed by atoms with Crippen LogP contribution in [0.2, 0.25) is 0 Å². The van der Waals surface area contributed by atoms with Gasteiger partial charge < -0.3 is 9.67 Å². The monoisotopic (exact) mass is 230 g/mol. The third-order valence-corrected chi connectivity index (χ3v) is 2.80. The number of nitrogens with zero attached hydrogens (tertiary/aromatic N) is 2. The Kier molecular flexibility index (Phi) is 2.95. The Morgan fingerprint density at radius 3 is 2.53 bits per heavy atom. The topological polar surface area (TPSA) is 55.1 Å². The van der Waals surface area contributed by atoms with Crippen molar-refractivity contribution in [3.05, 3.63) is 53.1 Å². The first-order valence-corrected chi connectivity index (χ1v) is 5.39. The minimum absolute atomic E-state index is 0.275. The van der Waals surface area contributed by atoms with Gasteiger partial charge in [0.2, 0.25) is 0 Å². The van der Waals surface area contributed by atoms with Gasteiger partial charge in [0.1, 0.15) is 0 Å². The molecule has 0 atom stereocenters. The molecule has 0 aromatic carbocycles. The first-order chi connectivity index (χ1) is 8.08. The Balaban J connectivity index is 2.30. The number of rotatable bonds is 3. The van der Waals surface area contributed by atoms with Gasteiger partial charge in [-0.05, 0) is 38.1 Å². The maximum absolute atomic E-state index is 10.9. The number of pyridine rings is 1. The van der Waals surface area contributed by atoms with E-state index in [1.165, 1.54) is 12.3 Å². The van der Waals surface area contributed by atoms with Crippen LogP contribution in [-0.2, 0) is 6.54 Å². The quantitative estimate of drug-likeness (QED) is 0.879. The lowest BCUT2D eigenvalue weighted by atomic mass is 10.2. The minimum Gasteiger partial charge on any atom is -0.478 e. The van der Waals surface area contributed by atoms with Gasteiger partial charge in [-0.15, -0.1) is 0 Å². The third kappa shape index (κ3) is 2.36. The highest BCUT2D eigenvalue weighted by molar-refractivity contribution is 5.87. The van der Waals surface area contributed by atoms with Crippen LogP contribution in [0.15, 0.2) is 30.5 Å². The summed E-state index contributed by atoms with van der Waals surface area (Å²) in [7, 11) is 0. The van der Waals surface area contributed by atoms with Crippen molar-refractivity contribution >= 4 is 5.97 Å². The predicted octanol–water partition coefficient (Wildman–Crippen LogP) is 2.25. The molecule has 0 aliphatic rings. The Morgan fingerprint density at radius 1 is 1.29 bits per heavy atom. The van der Waals surface area contributed by atoms with Crippen molar-refractivity contribution in [1.82, 2.24) is 9.55 Å². The lowest BCUT2D eigenvalue weighted by molar-refractivity contribution is 0.0696. The molecule has 2 rings (SSSR count). The van der Waals surface area contributed by atoms with Crippen LogP contribution < -0.4 is 0 Å². The molecule has 0 spiro atoms. The SMILES string of the molecule is Cc1ccc(C)n1Cc1cc(C(=O)O)ccn1. The predicted molar refractivity (Wildman–Crippen MR) is 64.2 cm³/mol. The summed E-state index contributed by atoms with van der Waals surface area (Å²) >= 11 is 0. The van der Waals surface area contributed by atoms with Crippen molar-refractivity contribution in [2.75, 3.05) is 0 Å². The second-order valence-corrected chi connectivity index (χ2v) is 4.04. The van der Waals surface area contributed by atoms with Crippen molar-refractivity contribution in [3.63, 3.8) is 0 Å². The van der Waals surface area contributed by atoms with Gasteiger partial charge in [-0.1, -0.05) is 0 Å². The third-order valence-electron chi connectivity index (χ3n) is 2.80. The molecule has 1 N–H and O–H groups in total. The molecule has 0 bridgehead atoms. The van der Waals surface area contributed by atoms with Crippen LogP contribution in [0.25, 0.3) is 0 Å². The van der Waals surface area contributed by atoms with Crippen LogP contribution >= 0.6 is 0 Å². The summed E-state index contributed by atoms with van der Waals surface area (Å²) in [5, 5.41) is 8.91. The van der Waals surface area contributed by atoms with Crippen LogP contribution in [0.5, 0.6) is 0 Å². The number of aromatic nitrogens is 2. The van der Waals surface area contributed by atoms with Crippen LogP contribution in [0.1, 0.15) is 27.4 Å². The Hall–Kier alpha value is -2.10. The minimum atomic E-state index is -0.922. The molecule has 0 unspecified atom stereocenters. The number of carboxylic acid groups (broad SMARTS) is 1. The highest BCUT2D eigenvalue weighted by Crippen LogP contribution is 2.11. The highest BCUT2D eigenvalue weighted by atomic mass is 16.4. The molecule has 0 aliphatic heterocycles. The number of carboxylic acids is 1. The van der Waals surface area contributed by atoms with E-state index < -0.39 is 5.97 Å². The molecule has 4 nitrogen and oxygen atoms in total. The molecular weight excluding hydrogens is 216 g/mol. The van der Waals surface area contributed by atoms with Gasteiger partial charge in [0.05, 0.1) is 17.8 Å². The molecule has 4 heteroatoms. The van der Waals surface area contributed by atoms with Crippen molar-refractivity contribution in [2.24, 2.45) is 0 Å². The normalized spacial score (nSPS) is 10.5. The molecule has 0 saturated heterocycles. The van der Waals surface area contributed by atoms with Gasteiger partial charge >= 0.3 is 5.97 Å². The summed E-state index contributed by atoms with van der Waals surface area (Å²) in [5.74, 6) is -0.922. The van der Waals surface area contributed by atoms with E-state index in [0.717, 1.165) is 17.1 Å². The number of hydrogen-bond acceptors (Lipinski definition) is 2. The summed E-state index contributed by atoms with van der Waals surface area (Å²) in [6.45, 7) is 4.65. The Morgan fingerprint density at radius 2 is 1.94 bits per heavy atom. The zero-order chi connectivity index (χ0) is 12.4. The maximum Gasteiger partial charge on any atom is 0.335 e. The van der Waals surface area contributed by atoms with E-state index in [-0.39, 0.29) is 5.56 Å². The largest absolute Gasteiger partial charge is 0.478 e. The van der Waals surface area contributed by atoms with E-state index in [4.69, 9.17) is 5.11 Å². The van der Waals surface area contributed by atoms with Crippen LogP contribution in [0, 0.1) is 13.8 Å². The van der Waals surface area contributed by atoms with Crippen LogP contribution in [0.3, 0.4) is 0 Å². The zero-order valence-electron chi connectivity index (χ0n) is 9.84. The van der Waals surface area contributed by atoms with Crippen LogP contribution in [-0.4, -0.2) is 20.6 Å². The maximum atomic E-state index is 10.9. The number of carbonyl (C=O) groups is 1. The summed E-state index contributed by atoms with van der Waals surface area (Å²) in [4.78, 5) is 15.0. The smallest absolute Gasteiger partial charge is 0.335 e.